The number of hydrogen-bond donors (Lipinski definition) is 1. The normalized spacial score (nSPS) is 20.0. The molecule has 3 rings (SSSR count). The quantitative estimate of drug-likeness (QED) is 0.751. The molecule has 1 aromatic carbocycles. The second-order valence-electron chi connectivity index (χ2n) is 6.24. The molecule has 26 heavy (non-hydrogen) atoms. The van der Waals surface area contributed by atoms with E-state index in [-0.39, 0.29) is 23.5 Å². The van der Waals surface area contributed by atoms with E-state index < -0.39 is 15.1 Å². The highest BCUT2D eigenvalue weighted by molar-refractivity contribution is 8.00. The number of aromatic nitrogens is 3. The van der Waals surface area contributed by atoms with E-state index in [9.17, 15) is 13.2 Å². The number of nitrogens with one attached hydrogen (secondary N) is 1. The second-order valence-corrected chi connectivity index (χ2v) is 10.2. The number of thioether (sulfide) groups is 1. The zero-order valence-electron chi connectivity index (χ0n) is 14.3. The number of nitrogens with zero attached hydrogens (tertiary/aromatic N) is 3. The van der Waals surface area contributed by atoms with E-state index in [0.717, 1.165) is 5.56 Å². The molecule has 0 aliphatic carbocycles. The number of amides is 1. The Morgan fingerprint density at radius 3 is 2.65 bits per heavy atom. The average Bonchev–Trinajstić information content (AvgIpc) is 3.11. The Labute approximate surface area is 161 Å². The van der Waals surface area contributed by atoms with Gasteiger partial charge in [0.1, 0.15) is 0 Å². The predicted molar refractivity (Wildman–Crippen MR) is 102 cm³/mol. The van der Waals surface area contributed by atoms with Crippen LogP contribution < -0.4 is 5.32 Å². The van der Waals surface area contributed by atoms with Crippen LogP contribution in [0.5, 0.6) is 0 Å². The maximum atomic E-state index is 12.3. The molecule has 1 aliphatic rings. The van der Waals surface area contributed by atoms with Crippen molar-refractivity contribution < 1.29 is 13.2 Å². The first-order chi connectivity index (χ1) is 12.2. The standard InChI is InChI=1S/C16H19ClN4O3S2/c1-10(15(22)18-13-7-8-26(23,24)9-13)25-16-20-19-14(21(16)2)11-3-5-12(17)6-4-11/h3-6,10,13H,7-9H2,1-2H3,(H,18,22)/t10-,13+/m0/s1. The van der Waals surface area contributed by atoms with Crippen LogP contribution in [-0.4, -0.2) is 51.9 Å². The Morgan fingerprint density at radius 1 is 1.35 bits per heavy atom. The van der Waals surface area contributed by atoms with E-state index >= 15 is 0 Å². The summed E-state index contributed by atoms with van der Waals surface area (Å²) in [6.45, 7) is 1.76. The lowest BCUT2D eigenvalue weighted by atomic mass is 10.2. The van der Waals surface area contributed by atoms with Crippen LogP contribution >= 0.6 is 23.4 Å². The van der Waals surface area contributed by atoms with E-state index in [1.807, 2.05) is 23.7 Å². The van der Waals surface area contributed by atoms with Crippen molar-refractivity contribution in [1.82, 2.24) is 20.1 Å². The molecule has 2 heterocycles. The van der Waals surface area contributed by atoms with Crippen molar-refractivity contribution in [1.29, 1.82) is 0 Å². The van der Waals surface area contributed by atoms with Crippen molar-refractivity contribution in [3.63, 3.8) is 0 Å². The molecule has 1 saturated heterocycles. The van der Waals surface area contributed by atoms with Gasteiger partial charge >= 0.3 is 0 Å². The Bertz CT molecular complexity index is 912. The maximum Gasteiger partial charge on any atom is 0.233 e. The van der Waals surface area contributed by atoms with Crippen LogP contribution in [0.15, 0.2) is 29.4 Å². The summed E-state index contributed by atoms with van der Waals surface area (Å²) in [5.41, 5.74) is 0.879. The number of carbonyl (C=O) groups is 1. The van der Waals surface area contributed by atoms with Gasteiger partial charge in [-0.3, -0.25) is 4.79 Å². The summed E-state index contributed by atoms with van der Waals surface area (Å²) < 4.78 is 24.8. The fraction of sp³-hybridized carbons (Fsp3) is 0.438. The number of rotatable bonds is 5. The molecule has 0 unspecified atom stereocenters. The number of carbonyl (C=O) groups excluding carboxylic acids is 1. The van der Waals surface area contributed by atoms with Crippen LogP contribution in [0, 0.1) is 0 Å². The van der Waals surface area contributed by atoms with Gasteiger partial charge in [0.15, 0.2) is 20.8 Å². The van der Waals surface area contributed by atoms with Crippen LogP contribution in [0.4, 0.5) is 0 Å². The van der Waals surface area contributed by atoms with Gasteiger partial charge in [-0.2, -0.15) is 0 Å². The molecule has 2 atom stereocenters. The second kappa shape index (κ2) is 7.58. The van der Waals surface area contributed by atoms with E-state index in [0.29, 0.717) is 22.4 Å². The smallest absolute Gasteiger partial charge is 0.233 e. The highest BCUT2D eigenvalue weighted by Gasteiger charge is 2.30. The van der Waals surface area contributed by atoms with E-state index in [4.69, 9.17) is 11.6 Å². The molecule has 10 heteroatoms. The molecule has 0 spiro atoms. The minimum absolute atomic E-state index is 0.0147. The molecule has 0 saturated carbocycles. The number of sulfone groups is 1. The van der Waals surface area contributed by atoms with E-state index in [1.54, 1.807) is 19.1 Å². The van der Waals surface area contributed by atoms with Crippen LogP contribution in [0.25, 0.3) is 11.4 Å². The van der Waals surface area contributed by atoms with Gasteiger partial charge < -0.3 is 9.88 Å². The highest BCUT2D eigenvalue weighted by atomic mass is 35.5. The Hall–Kier alpha value is -1.58. The van der Waals surface area contributed by atoms with Gasteiger partial charge in [0.2, 0.25) is 5.91 Å². The predicted octanol–water partition coefficient (Wildman–Crippen LogP) is 1.92. The minimum Gasteiger partial charge on any atom is -0.351 e. The van der Waals surface area contributed by atoms with Crippen LogP contribution in [-0.2, 0) is 21.7 Å². The monoisotopic (exact) mass is 414 g/mol. The summed E-state index contributed by atoms with van der Waals surface area (Å²) in [7, 11) is -1.19. The molecule has 1 aliphatic heterocycles. The Kier molecular flexibility index (Phi) is 5.59. The molecular formula is C16H19ClN4O3S2. The highest BCUT2D eigenvalue weighted by Crippen LogP contribution is 2.26. The molecular weight excluding hydrogens is 396 g/mol. The Morgan fingerprint density at radius 2 is 2.04 bits per heavy atom. The molecule has 7 nitrogen and oxygen atoms in total. The molecule has 0 bridgehead atoms. The lowest BCUT2D eigenvalue weighted by Gasteiger charge is -2.15. The molecule has 1 fully saturated rings. The van der Waals surface area contributed by atoms with Crippen molar-refractivity contribution in [2.24, 2.45) is 7.05 Å². The van der Waals surface area contributed by atoms with Crippen molar-refractivity contribution in [2.45, 2.75) is 29.8 Å². The Balaban J connectivity index is 1.65. The number of hydrogen-bond acceptors (Lipinski definition) is 6. The van der Waals surface area contributed by atoms with Gasteiger partial charge in [0, 0.05) is 23.7 Å². The van der Waals surface area contributed by atoms with Crippen LogP contribution in [0.1, 0.15) is 13.3 Å². The van der Waals surface area contributed by atoms with Gasteiger partial charge in [0.25, 0.3) is 0 Å². The summed E-state index contributed by atoms with van der Waals surface area (Å²) in [5.74, 6) is 0.625. The van der Waals surface area contributed by atoms with Gasteiger partial charge in [-0.05, 0) is 37.6 Å². The van der Waals surface area contributed by atoms with Crippen molar-refractivity contribution in [3.05, 3.63) is 29.3 Å². The third-order valence-electron chi connectivity index (χ3n) is 4.17. The first kappa shape index (κ1) is 19.2. The lowest BCUT2D eigenvalue weighted by Crippen LogP contribution is -2.40. The van der Waals surface area contributed by atoms with Crippen LogP contribution in [0.2, 0.25) is 5.02 Å². The summed E-state index contributed by atoms with van der Waals surface area (Å²) in [5, 5.41) is 12.0. The SMILES string of the molecule is C[C@H](Sc1nnc(-c2ccc(Cl)cc2)n1C)C(=O)N[C@@H]1CCS(=O)(=O)C1. The minimum atomic E-state index is -3.02. The molecule has 140 valence electrons. The third-order valence-corrected chi connectivity index (χ3v) is 7.32. The van der Waals surface area contributed by atoms with Crippen molar-refractivity contribution in [2.75, 3.05) is 11.5 Å². The molecule has 2 aromatic rings. The third kappa shape index (κ3) is 4.39. The fourth-order valence-electron chi connectivity index (χ4n) is 2.71. The summed E-state index contributed by atoms with van der Waals surface area (Å²) in [6.07, 6.45) is 0.468. The summed E-state index contributed by atoms with van der Waals surface area (Å²) in [6, 6.07) is 6.98. The number of benzene rings is 1. The van der Waals surface area contributed by atoms with Gasteiger partial charge in [-0.15, -0.1) is 10.2 Å². The van der Waals surface area contributed by atoms with E-state index in [2.05, 4.69) is 15.5 Å². The largest absolute Gasteiger partial charge is 0.351 e. The summed E-state index contributed by atoms with van der Waals surface area (Å²) in [4.78, 5) is 12.3. The maximum absolute atomic E-state index is 12.3. The van der Waals surface area contributed by atoms with Gasteiger partial charge in [-0.25, -0.2) is 8.42 Å². The zero-order valence-corrected chi connectivity index (χ0v) is 16.7. The van der Waals surface area contributed by atoms with Crippen molar-refractivity contribution in [3.8, 4) is 11.4 Å². The van der Waals surface area contributed by atoms with E-state index in [1.165, 1.54) is 11.8 Å². The number of halogens is 1. The lowest BCUT2D eigenvalue weighted by molar-refractivity contribution is -0.120. The molecule has 1 amide bonds. The topological polar surface area (TPSA) is 93.9 Å². The summed E-state index contributed by atoms with van der Waals surface area (Å²) >= 11 is 7.19. The molecule has 1 aromatic heterocycles. The zero-order chi connectivity index (χ0) is 18.9. The first-order valence-electron chi connectivity index (χ1n) is 8.08. The molecule has 0 radical (unpaired) electrons. The fourth-order valence-corrected chi connectivity index (χ4v) is 5.33. The van der Waals surface area contributed by atoms with Crippen molar-refractivity contribution >= 4 is 39.1 Å². The van der Waals surface area contributed by atoms with Crippen LogP contribution in [0.3, 0.4) is 0 Å². The van der Waals surface area contributed by atoms with Gasteiger partial charge in [0.05, 0.1) is 16.8 Å². The average molecular weight is 415 g/mol. The molecule has 1 N–H and O–H groups in total. The first-order valence-corrected chi connectivity index (χ1v) is 11.2. The van der Waals surface area contributed by atoms with Gasteiger partial charge in [-0.1, -0.05) is 23.4 Å².